The topological polar surface area (TPSA) is 49.4 Å². The van der Waals surface area contributed by atoms with Gasteiger partial charge in [0.1, 0.15) is 0 Å². The van der Waals surface area contributed by atoms with E-state index in [1.807, 2.05) is 23.1 Å². The van der Waals surface area contributed by atoms with Crippen molar-refractivity contribution in [3.8, 4) is 0 Å². The monoisotopic (exact) mass is 328 g/mol. The molecule has 1 aliphatic heterocycles. The van der Waals surface area contributed by atoms with Gasteiger partial charge in [-0.15, -0.1) is 0 Å². The highest BCUT2D eigenvalue weighted by Crippen LogP contribution is 2.28. The molecule has 1 aromatic carbocycles. The van der Waals surface area contributed by atoms with Gasteiger partial charge in [0, 0.05) is 30.6 Å². The van der Waals surface area contributed by atoms with Crippen molar-refractivity contribution >= 4 is 17.5 Å². The van der Waals surface area contributed by atoms with Crippen LogP contribution in [0.15, 0.2) is 24.3 Å². The molecule has 1 heterocycles. The molecule has 3 rings (SSSR count). The largest absolute Gasteiger partial charge is 0.340 e. The first-order valence-corrected chi connectivity index (χ1v) is 9.37. The molecule has 1 aliphatic carbocycles. The number of carbonyl (C=O) groups excluding carboxylic acids is 2. The van der Waals surface area contributed by atoms with E-state index in [4.69, 9.17) is 0 Å². The Morgan fingerprint density at radius 3 is 2.71 bits per heavy atom. The summed E-state index contributed by atoms with van der Waals surface area (Å²) in [6, 6.07) is 8.35. The van der Waals surface area contributed by atoms with Crippen molar-refractivity contribution in [1.82, 2.24) is 4.90 Å². The van der Waals surface area contributed by atoms with Crippen LogP contribution in [0.2, 0.25) is 0 Å². The summed E-state index contributed by atoms with van der Waals surface area (Å²) in [5.74, 6) is 0.187. The summed E-state index contributed by atoms with van der Waals surface area (Å²) in [6.45, 7) is 2.85. The molecule has 1 N–H and O–H groups in total. The second-order valence-electron chi connectivity index (χ2n) is 7.06. The number of nitrogens with zero attached hydrogens (tertiary/aromatic N) is 1. The van der Waals surface area contributed by atoms with Crippen LogP contribution in [0.25, 0.3) is 0 Å². The zero-order valence-electron chi connectivity index (χ0n) is 14.6. The summed E-state index contributed by atoms with van der Waals surface area (Å²) in [6.07, 6.45) is 7.89. The van der Waals surface area contributed by atoms with E-state index in [1.165, 1.54) is 24.8 Å². The first kappa shape index (κ1) is 17.0. The number of amides is 2. The maximum absolute atomic E-state index is 12.7. The van der Waals surface area contributed by atoms with Crippen LogP contribution in [-0.2, 0) is 16.0 Å². The first-order chi connectivity index (χ1) is 11.7. The van der Waals surface area contributed by atoms with E-state index in [0.29, 0.717) is 18.9 Å². The number of carbonyl (C=O) groups is 2. The van der Waals surface area contributed by atoms with Gasteiger partial charge in [-0.2, -0.15) is 0 Å². The van der Waals surface area contributed by atoms with Gasteiger partial charge in [0.2, 0.25) is 11.8 Å². The molecule has 0 radical (unpaired) electrons. The Hall–Kier alpha value is -1.84. The molecule has 2 aliphatic rings. The van der Waals surface area contributed by atoms with E-state index in [0.717, 1.165) is 31.5 Å². The third-order valence-electron chi connectivity index (χ3n) is 5.50. The Morgan fingerprint density at radius 2 is 1.96 bits per heavy atom. The van der Waals surface area contributed by atoms with E-state index in [-0.39, 0.29) is 17.7 Å². The smallest absolute Gasteiger partial charge is 0.227 e. The van der Waals surface area contributed by atoms with Crippen LogP contribution in [0.4, 0.5) is 5.69 Å². The normalized spacial score (nSPS) is 21.0. The molecule has 0 aromatic heterocycles. The van der Waals surface area contributed by atoms with Gasteiger partial charge < -0.3 is 10.2 Å². The van der Waals surface area contributed by atoms with Crippen LogP contribution < -0.4 is 5.32 Å². The summed E-state index contributed by atoms with van der Waals surface area (Å²) >= 11 is 0. The molecular weight excluding hydrogens is 300 g/mol. The molecule has 1 fully saturated rings. The molecule has 4 heteroatoms. The fourth-order valence-electron chi connectivity index (χ4n) is 4.12. The molecule has 1 unspecified atom stereocenters. The highest BCUT2D eigenvalue weighted by molar-refractivity contribution is 5.96. The van der Waals surface area contributed by atoms with Gasteiger partial charge in [-0.25, -0.2) is 0 Å². The second-order valence-corrected chi connectivity index (χ2v) is 7.06. The van der Waals surface area contributed by atoms with E-state index in [1.54, 1.807) is 0 Å². The van der Waals surface area contributed by atoms with Crippen molar-refractivity contribution in [2.24, 2.45) is 5.92 Å². The van der Waals surface area contributed by atoms with E-state index < -0.39 is 0 Å². The SMILES string of the molecule is CCN(C(=O)CCC1Cc2ccccc2NC1=O)C1CCCCC1. The number of para-hydroxylation sites is 1. The van der Waals surface area contributed by atoms with Crippen molar-refractivity contribution in [3.63, 3.8) is 0 Å². The lowest BCUT2D eigenvalue weighted by molar-refractivity contribution is -0.134. The van der Waals surface area contributed by atoms with Gasteiger partial charge >= 0.3 is 0 Å². The summed E-state index contributed by atoms with van der Waals surface area (Å²) < 4.78 is 0. The van der Waals surface area contributed by atoms with Crippen LogP contribution >= 0.6 is 0 Å². The molecule has 1 aromatic rings. The maximum Gasteiger partial charge on any atom is 0.227 e. The second kappa shape index (κ2) is 7.82. The number of fused-ring (bicyclic) bond motifs is 1. The molecule has 130 valence electrons. The Bertz CT molecular complexity index is 593. The maximum atomic E-state index is 12.7. The lowest BCUT2D eigenvalue weighted by atomic mass is 9.89. The van der Waals surface area contributed by atoms with Crippen LogP contribution in [0.3, 0.4) is 0 Å². The number of rotatable bonds is 5. The van der Waals surface area contributed by atoms with Crippen LogP contribution in [-0.4, -0.2) is 29.3 Å². The molecule has 1 atom stereocenters. The predicted octanol–water partition coefficient (Wildman–Crippen LogP) is 3.76. The third-order valence-corrected chi connectivity index (χ3v) is 5.50. The van der Waals surface area contributed by atoms with Crippen molar-refractivity contribution in [2.75, 3.05) is 11.9 Å². The van der Waals surface area contributed by atoms with Crippen molar-refractivity contribution in [1.29, 1.82) is 0 Å². The summed E-state index contributed by atoms with van der Waals surface area (Å²) in [7, 11) is 0. The molecule has 1 saturated carbocycles. The predicted molar refractivity (Wildman–Crippen MR) is 95.8 cm³/mol. The molecule has 4 nitrogen and oxygen atoms in total. The molecule has 0 bridgehead atoms. The number of hydrogen-bond donors (Lipinski definition) is 1. The minimum Gasteiger partial charge on any atom is -0.340 e. The Kier molecular flexibility index (Phi) is 5.54. The summed E-state index contributed by atoms with van der Waals surface area (Å²) in [5, 5.41) is 2.98. The zero-order chi connectivity index (χ0) is 16.9. The van der Waals surface area contributed by atoms with E-state index >= 15 is 0 Å². The van der Waals surface area contributed by atoms with Crippen LogP contribution in [0, 0.1) is 5.92 Å². The average molecular weight is 328 g/mol. The van der Waals surface area contributed by atoms with Gasteiger partial charge in [-0.05, 0) is 44.2 Å². The Morgan fingerprint density at radius 1 is 1.21 bits per heavy atom. The standard InChI is InChI=1S/C20H28N2O2/c1-2-22(17-9-4-3-5-10-17)19(23)13-12-16-14-15-8-6-7-11-18(15)21-20(16)24/h6-8,11,16-17H,2-5,9-10,12-14H2,1H3,(H,21,24). The van der Waals surface area contributed by atoms with Crippen molar-refractivity contribution in [3.05, 3.63) is 29.8 Å². The number of hydrogen-bond acceptors (Lipinski definition) is 2. The van der Waals surface area contributed by atoms with Gasteiger partial charge in [-0.3, -0.25) is 9.59 Å². The summed E-state index contributed by atoms with van der Waals surface area (Å²) in [4.78, 5) is 27.0. The molecule has 24 heavy (non-hydrogen) atoms. The fraction of sp³-hybridized carbons (Fsp3) is 0.600. The minimum atomic E-state index is -0.0890. The van der Waals surface area contributed by atoms with Crippen LogP contribution in [0.5, 0.6) is 0 Å². The minimum absolute atomic E-state index is 0.0576. The van der Waals surface area contributed by atoms with Gasteiger partial charge in [0.15, 0.2) is 0 Å². The number of benzene rings is 1. The quantitative estimate of drug-likeness (QED) is 0.895. The highest BCUT2D eigenvalue weighted by Gasteiger charge is 2.28. The van der Waals surface area contributed by atoms with Gasteiger partial charge in [0.05, 0.1) is 0 Å². The Balaban J connectivity index is 1.56. The average Bonchev–Trinajstić information content (AvgIpc) is 2.61. The van der Waals surface area contributed by atoms with Gasteiger partial charge in [-0.1, -0.05) is 37.5 Å². The first-order valence-electron chi connectivity index (χ1n) is 9.37. The van der Waals surface area contributed by atoms with Crippen LogP contribution in [0.1, 0.15) is 57.4 Å². The molecule has 0 saturated heterocycles. The summed E-state index contributed by atoms with van der Waals surface area (Å²) in [5.41, 5.74) is 2.09. The highest BCUT2D eigenvalue weighted by atomic mass is 16.2. The third kappa shape index (κ3) is 3.80. The van der Waals surface area contributed by atoms with E-state index in [9.17, 15) is 9.59 Å². The number of nitrogens with one attached hydrogen (secondary N) is 1. The lowest BCUT2D eigenvalue weighted by Gasteiger charge is -2.34. The molecule has 2 amide bonds. The van der Waals surface area contributed by atoms with E-state index in [2.05, 4.69) is 18.3 Å². The number of anilines is 1. The van der Waals surface area contributed by atoms with Crippen molar-refractivity contribution < 1.29 is 9.59 Å². The molecular formula is C20H28N2O2. The van der Waals surface area contributed by atoms with Gasteiger partial charge in [0.25, 0.3) is 0 Å². The molecule has 0 spiro atoms. The Labute approximate surface area is 144 Å². The zero-order valence-corrected chi connectivity index (χ0v) is 14.6. The fourth-order valence-corrected chi connectivity index (χ4v) is 4.12. The van der Waals surface area contributed by atoms with Crippen molar-refractivity contribution in [2.45, 2.75) is 64.3 Å². The lowest BCUT2D eigenvalue weighted by Crippen LogP contribution is -2.41.